The molecule has 6 nitrogen and oxygen atoms in total. The number of nitrogens with zero attached hydrogens (tertiary/aromatic N) is 1. The quantitative estimate of drug-likeness (QED) is 0.531. The summed E-state index contributed by atoms with van der Waals surface area (Å²) >= 11 is 0. The number of aryl methyl sites for hydroxylation is 2. The molecule has 0 fully saturated rings. The van der Waals surface area contributed by atoms with Crippen LogP contribution in [0.1, 0.15) is 43.5 Å². The number of aliphatic imine (C=N–C) groups is 1. The summed E-state index contributed by atoms with van der Waals surface area (Å²) < 4.78 is 5.37. The van der Waals surface area contributed by atoms with Gasteiger partial charge in [-0.25, -0.2) is 4.79 Å². The fourth-order valence-corrected chi connectivity index (χ4v) is 2.57. The maximum absolute atomic E-state index is 12.2. The molecular formula is C22H30N4O2. The first-order valence-electron chi connectivity index (χ1n) is 9.33. The number of rotatable bonds is 5. The SMILES string of the molecule is Cc1ccc(NC(N)=NCC(NC(=O)OC(C)(C)C)c2ccccc2)cc1C. The predicted octanol–water partition coefficient (Wildman–Crippen LogP) is 4.30. The van der Waals surface area contributed by atoms with Crippen molar-refractivity contribution in [2.24, 2.45) is 10.7 Å². The van der Waals surface area contributed by atoms with Crippen LogP contribution in [0.2, 0.25) is 0 Å². The second-order valence-corrected chi connectivity index (χ2v) is 7.76. The fourth-order valence-electron chi connectivity index (χ4n) is 2.57. The maximum Gasteiger partial charge on any atom is 0.408 e. The van der Waals surface area contributed by atoms with Crippen molar-refractivity contribution in [3.63, 3.8) is 0 Å². The molecule has 28 heavy (non-hydrogen) atoms. The monoisotopic (exact) mass is 382 g/mol. The van der Waals surface area contributed by atoms with Gasteiger partial charge in [0.2, 0.25) is 0 Å². The van der Waals surface area contributed by atoms with Crippen molar-refractivity contribution in [1.29, 1.82) is 0 Å². The van der Waals surface area contributed by atoms with E-state index in [0.29, 0.717) is 0 Å². The third-order valence-electron chi connectivity index (χ3n) is 4.12. The molecule has 0 bridgehead atoms. The number of guanidine groups is 1. The molecule has 1 amide bonds. The van der Waals surface area contributed by atoms with E-state index in [0.717, 1.165) is 11.3 Å². The lowest BCUT2D eigenvalue weighted by Gasteiger charge is -2.23. The Labute approximate surface area is 167 Å². The molecule has 2 rings (SSSR count). The van der Waals surface area contributed by atoms with Gasteiger partial charge in [-0.05, 0) is 63.4 Å². The molecule has 4 N–H and O–H groups in total. The van der Waals surface area contributed by atoms with Gasteiger partial charge in [-0.15, -0.1) is 0 Å². The Morgan fingerprint density at radius 1 is 1.11 bits per heavy atom. The second-order valence-electron chi connectivity index (χ2n) is 7.76. The maximum atomic E-state index is 12.2. The van der Waals surface area contributed by atoms with Crippen LogP contribution < -0.4 is 16.4 Å². The zero-order chi connectivity index (χ0) is 20.7. The van der Waals surface area contributed by atoms with Gasteiger partial charge in [0.1, 0.15) is 5.60 Å². The van der Waals surface area contributed by atoms with Gasteiger partial charge in [-0.3, -0.25) is 4.99 Å². The summed E-state index contributed by atoms with van der Waals surface area (Å²) in [5.41, 5.74) is 9.67. The smallest absolute Gasteiger partial charge is 0.408 e. The van der Waals surface area contributed by atoms with Gasteiger partial charge in [0.05, 0.1) is 12.6 Å². The number of amides is 1. The first-order valence-corrected chi connectivity index (χ1v) is 9.33. The van der Waals surface area contributed by atoms with Crippen LogP contribution in [0.15, 0.2) is 53.5 Å². The summed E-state index contributed by atoms with van der Waals surface area (Å²) in [4.78, 5) is 16.6. The van der Waals surface area contributed by atoms with Crippen LogP contribution in [0.25, 0.3) is 0 Å². The number of benzene rings is 2. The van der Waals surface area contributed by atoms with Crippen molar-refractivity contribution in [3.8, 4) is 0 Å². The molecule has 2 aromatic carbocycles. The molecule has 0 aliphatic rings. The van der Waals surface area contributed by atoms with Gasteiger partial charge < -0.3 is 21.1 Å². The lowest BCUT2D eigenvalue weighted by molar-refractivity contribution is 0.0505. The molecular weight excluding hydrogens is 352 g/mol. The van der Waals surface area contributed by atoms with Crippen LogP contribution in [-0.4, -0.2) is 24.2 Å². The van der Waals surface area contributed by atoms with E-state index in [-0.39, 0.29) is 18.5 Å². The van der Waals surface area contributed by atoms with E-state index >= 15 is 0 Å². The topological polar surface area (TPSA) is 88.7 Å². The molecule has 6 heteroatoms. The van der Waals surface area contributed by atoms with Gasteiger partial charge in [0.25, 0.3) is 0 Å². The normalized spacial score (nSPS) is 13.0. The van der Waals surface area contributed by atoms with Crippen LogP contribution >= 0.6 is 0 Å². The van der Waals surface area contributed by atoms with Crippen molar-refractivity contribution in [2.45, 2.75) is 46.3 Å². The molecule has 1 unspecified atom stereocenters. The molecule has 2 aromatic rings. The van der Waals surface area contributed by atoms with Crippen LogP contribution in [0.4, 0.5) is 10.5 Å². The highest BCUT2D eigenvalue weighted by atomic mass is 16.6. The van der Waals surface area contributed by atoms with E-state index in [1.807, 2.05) is 76.2 Å². The number of hydrogen-bond donors (Lipinski definition) is 3. The lowest BCUT2D eigenvalue weighted by Crippen LogP contribution is -2.36. The van der Waals surface area contributed by atoms with Gasteiger partial charge in [0, 0.05) is 5.69 Å². The third-order valence-corrected chi connectivity index (χ3v) is 4.12. The van der Waals surface area contributed by atoms with Gasteiger partial charge in [-0.1, -0.05) is 36.4 Å². The van der Waals surface area contributed by atoms with E-state index in [1.165, 1.54) is 11.1 Å². The highest BCUT2D eigenvalue weighted by Crippen LogP contribution is 2.16. The minimum absolute atomic E-state index is 0.285. The van der Waals surface area contributed by atoms with Crippen molar-refractivity contribution >= 4 is 17.7 Å². The first-order chi connectivity index (χ1) is 13.1. The molecule has 0 saturated carbocycles. The molecule has 0 aromatic heterocycles. The van der Waals surface area contributed by atoms with Crippen LogP contribution in [0.3, 0.4) is 0 Å². The van der Waals surface area contributed by atoms with Gasteiger partial charge >= 0.3 is 6.09 Å². The molecule has 0 heterocycles. The standard InChI is InChI=1S/C22H30N4O2/c1-15-11-12-18(13-16(15)2)25-20(23)24-14-19(17-9-7-6-8-10-17)26-21(27)28-22(3,4)5/h6-13,19H,14H2,1-5H3,(H,26,27)(H3,23,24,25). The van der Waals surface area contributed by atoms with E-state index in [4.69, 9.17) is 10.5 Å². The number of alkyl carbamates (subject to hydrolysis) is 1. The average Bonchev–Trinajstić information content (AvgIpc) is 2.61. The van der Waals surface area contributed by atoms with E-state index in [9.17, 15) is 4.79 Å². The first kappa shape index (κ1) is 21.3. The molecule has 150 valence electrons. The lowest BCUT2D eigenvalue weighted by atomic mass is 10.1. The Kier molecular flexibility index (Phi) is 7.04. The summed E-state index contributed by atoms with van der Waals surface area (Å²) in [6.07, 6.45) is -0.489. The Morgan fingerprint density at radius 2 is 1.79 bits per heavy atom. The second kappa shape index (κ2) is 9.26. The summed E-state index contributed by atoms with van der Waals surface area (Å²) in [6.45, 7) is 9.87. The fraction of sp³-hybridized carbons (Fsp3) is 0.364. The Balaban J connectivity index is 2.09. The van der Waals surface area contributed by atoms with Crippen LogP contribution in [0.5, 0.6) is 0 Å². The third kappa shape index (κ3) is 6.95. The van der Waals surface area contributed by atoms with Crippen molar-refractivity contribution in [2.75, 3.05) is 11.9 Å². The highest BCUT2D eigenvalue weighted by Gasteiger charge is 2.20. The van der Waals surface area contributed by atoms with Crippen LogP contribution in [0, 0.1) is 13.8 Å². The van der Waals surface area contributed by atoms with Crippen molar-refractivity contribution in [1.82, 2.24) is 5.32 Å². The number of hydrogen-bond acceptors (Lipinski definition) is 3. The summed E-state index contributed by atoms with van der Waals surface area (Å²) in [5, 5.41) is 5.97. The largest absolute Gasteiger partial charge is 0.444 e. The van der Waals surface area contributed by atoms with Gasteiger partial charge in [-0.2, -0.15) is 0 Å². The van der Waals surface area contributed by atoms with E-state index in [2.05, 4.69) is 22.5 Å². The van der Waals surface area contributed by atoms with E-state index in [1.54, 1.807) is 0 Å². The number of carbonyl (C=O) groups excluding carboxylic acids is 1. The van der Waals surface area contributed by atoms with Crippen LogP contribution in [-0.2, 0) is 4.74 Å². The molecule has 1 atom stereocenters. The summed E-state index contributed by atoms with van der Waals surface area (Å²) in [5.74, 6) is 0.287. The summed E-state index contributed by atoms with van der Waals surface area (Å²) in [7, 11) is 0. The number of nitrogens with one attached hydrogen (secondary N) is 2. The number of ether oxygens (including phenoxy) is 1. The molecule has 0 aliphatic carbocycles. The predicted molar refractivity (Wildman–Crippen MR) is 115 cm³/mol. The Morgan fingerprint density at radius 3 is 2.39 bits per heavy atom. The molecule has 0 radical (unpaired) electrons. The van der Waals surface area contributed by atoms with E-state index < -0.39 is 11.7 Å². The van der Waals surface area contributed by atoms with Crippen molar-refractivity contribution in [3.05, 3.63) is 65.2 Å². The highest BCUT2D eigenvalue weighted by molar-refractivity contribution is 5.92. The zero-order valence-corrected chi connectivity index (χ0v) is 17.2. The summed E-state index contributed by atoms with van der Waals surface area (Å²) in [6, 6.07) is 15.3. The number of anilines is 1. The number of nitrogens with two attached hydrogens (primary N) is 1. The Hall–Kier alpha value is -3.02. The number of carbonyl (C=O) groups is 1. The minimum atomic E-state index is -0.571. The molecule has 0 spiro atoms. The van der Waals surface area contributed by atoms with Gasteiger partial charge in [0.15, 0.2) is 5.96 Å². The minimum Gasteiger partial charge on any atom is -0.444 e. The van der Waals surface area contributed by atoms with Crippen molar-refractivity contribution < 1.29 is 9.53 Å². The zero-order valence-electron chi connectivity index (χ0n) is 17.2. The average molecular weight is 383 g/mol. The molecule has 0 saturated heterocycles. The molecule has 0 aliphatic heterocycles. The Bertz CT molecular complexity index is 826.